The van der Waals surface area contributed by atoms with Crippen molar-refractivity contribution >= 4 is 46.0 Å². The summed E-state index contributed by atoms with van der Waals surface area (Å²) >= 11 is 5.91. The van der Waals surface area contributed by atoms with Gasteiger partial charge in [-0.05, 0) is 48.7 Å². The third-order valence-electron chi connectivity index (χ3n) is 6.67. The number of halogens is 2. The molecule has 0 unspecified atom stereocenters. The molecule has 2 fully saturated rings. The standard InChI is InChI=1S/C27H25ClFN3O3/c1-17(33)30-10-12-31(13-11-30)25-15-24-21(14-23(25)29)27(35)22(16-32(24)20-7-8-20)26(34)9-4-18-2-5-19(28)6-3-18/h2-6,9,14-16,20H,7-8,10-13H2,1H3/b9-4+. The van der Waals surface area contributed by atoms with Crippen LogP contribution in [-0.4, -0.2) is 47.3 Å². The fraction of sp³-hybridized carbons (Fsp3) is 0.296. The third-order valence-corrected chi connectivity index (χ3v) is 6.92. The Balaban J connectivity index is 1.51. The Morgan fingerprint density at radius 1 is 1.06 bits per heavy atom. The first-order chi connectivity index (χ1) is 16.8. The van der Waals surface area contributed by atoms with E-state index >= 15 is 4.39 Å². The van der Waals surface area contributed by atoms with Crippen molar-refractivity contribution in [2.24, 2.45) is 0 Å². The van der Waals surface area contributed by atoms with Gasteiger partial charge in [0.15, 0.2) is 5.78 Å². The summed E-state index contributed by atoms with van der Waals surface area (Å²) in [7, 11) is 0. The van der Waals surface area contributed by atoms with Crippen molar-refractivity contribution in [3.8, 4) is 0 Å². The van der Waals surface area contributed by atoms with Gasteiger partial charge in [-0.2, -0.15) is 0 Å². The first-order valence-corrected chi connectivity index (χ1v) is 12.1. The van der Waals surface area contributed by atoms with Crippen molar-refractivity contribution in [1.29, 1.82) is 0 Å². The van der Waals surface area contributed by atoms with E-state index < -0.39 is 17.0 Å². The van der Waals surface area contributed by atoms with Crippen molar-refractivity contribution in [3.63, 3.8) is 0 Å². The van der Waals surface area contributed by atoms with Crippen LogP contribution in [0.5, 0.6) is 0 Å². The van der Waals surface area contributed by atoms with E-state index in [1.54, 1.807) is 47.5 Å². The number of piperazine rings is 1. The van der Waals surface area contributed by atoms with Crippen LogP contribution in [0.15, 0.2) is 53.5 Å². The van der Waals surface area contributed by atoms with Crippen molar-refractivity contribution in [2.75, 3.05) is 31.1 Å². The summed E-state index contributed by atoms with van der Waals surface area (Å²) in [6.45, 7) is 3.61. The van der Waals surface area contributed by atoms with E-state index in [9.17, 15) is 14.4 Å². The molecule has 1 saturated heterocycles. The number of ketones is 1. The maximum atomic E-state index is 15.2. The van der Waals surface area contributed by atoms with Crippen molar-refractivity contribution < 1.29 is 14.0 Å². The Morgan fingerprint density at radius 3 is 2.37 bits per heavy atom. The number of fused-ring (bicyclic) bond motifs is 1. The molecule has 1 saturated carbocycles. The zero-order chi connectivity index (χ0) is 24.7. The lowest BCUT2D eigenvalue weighted by Crippen LogP contribution is -2.48. The van der Waals surface area contributed by atoms with Crippen molar-refractivity contribution in [3.05, 3.63) is 80.9 Å². The summed E-state index contributed by atoms with van der Waals surface area (Å²) in [6, 6.07) is 10.2. The van der Waals surface area contributed by atoms with E-state index in [1.807, 2.05) is 9.47 Å². The van der Waals surface area contributed by atoms with E-state index in [2.05, 4.69) is 0 Å². The number of benzene rings is 2. The van der Waals surface area contributed by atoms with Crippen LogP contribution in [0.2, 0.25) is 5.02 Å². The molecule has 180 valence electrons. The SMILES string of the molecule is CC(=O)N1CCN(c2cc3c(cc2F)c(=O)c(C(=O)/C=C/c2ccc(Cl)cc2)cn3C2CC2)CC1. The molecule has 0 radical (unpaired) electrons. The lowest BCUT2D eigenvalue weighted by Gasteiger charge is -2.36. The van der Waals surface area contributed by atoms with Crippen molar-refractivity contribution in [2.45, 2.75) is 25.8 Å². The second kappa shape index (κ2) is 9.30. The summed E-state index contributed by atoms with van der Waals surface area (Å²) in [5.74, 6) is -0.922. The van der Waals surface area contributed by atoms with Gasteiger partial charge in [-0.15, -0.1) is 0 Å². The molecular formula is C27H25ClFN3O3. The Kier molecular flexibility index (Phi) is 6.19. The van der Waals surface area contributed by atoms with Gasteiger partial charge >= 0.3 is 0 Å². The number of nitrogens with zero attached hydrogens (tertiary/aromatic N) is 3. The number of anilines is 1. The highest BCUT2D eigenvalue weighted by Gasteiger charge is 2.28. The van der Waals surface area contributed by atoms with Gasteiger partial charge in [0, 0.05) is 55.8 Å². The molecule has 1 amide bonds. The highest BCUT2D eigenvalue weighted by atomic mass is 35.5. The lowest BCUT2D eigenvalue weighted by atomic mass is 10.1. The first kappa shape index (κ1) is 23.3. The van der Waals surface area contributed by atoms with E-state index in [0.717, 1.165) is 18.4 Å². The Bertz CT molecular complexity index is 1400. The summed E-state index contributed by atoms with van der Waals surface area (Å²) in [5, 5.41) is 0.795. The van der Waals surface area contributed by atoms with Crippen LogP contribution >= 0.6 is 11.6 Å². The smallest absolute Gasteiger partial charge is 0.219 e. The Labute approximate surface area is 207 Å². The zero-order valence-corrected chi connectivity index (χ0v) is 20.1. The second-order valence-electron chi connectivity index (χ2n) is 9.07. The molecule has 2 aliphatic rings. The maximum Gasteiger partial charge on any atom is 0.219 e. The van der Waals surface area contributed by atoms with Crippen molar-refractivity contribution in [1.82, 2.24) is 9.47 Å². The Morgan fingerprint density at radius 2 is 1.74 bits per heavy atom. The van der Waals surface area contributed by atoms with Crippen LogP contribution in [0.4, 0.5) is 10.1 Å². The molecular weight excluding hydrogens is 469 g/mol. The minimum atomic E-state index is -0.505. The second-order valence-corrected chi connectivity index (χ2v) is 9.51. The number of carbonyl (C=O) groups is 2. The molecule has 3 aromatic rings. The molecule has 1 aliphatic heterocycles. The number of aromatic nitrogens is 1. The number of rotatable bonds is 5. The third kappa shape index (κ3) is 4.73. The number of hydrogen-bond donors (Lipinski definition) is 0. The molecule has 1 aliphatic carbocycles. The number of amides is 1. The number of allylic oxidation sites excluding steroid dienone is 1. The quantitative estimate of drug-likeness (QED) is 0.382. The van der Waals surface area contributed by atoms with Crippen LogP contribution in [-0.2, 0) is 4.79 Å². The lowest BCUT2D eigenvalue weighted by molar-refractivity contribution is -0.129. The van der Waals surface area contributed by atoms with Gasteiger partial charge in [0.1, 0.15) is 5.82 Å². The monoisotopic (exact) mass is 493 g/mol. The number of hydrogen-bond acceptors (Lipinski definition) is 4. The predicted molar refractivity (Wildman–Crippen MR) is 136 cm³/mol. The van der Waals surface area contributed by atoms with Crippen LogP contribution in [0.3, 0.4) is 0 Å². The van der Waals surface area contributed by atoms with Crippen LogP contribution < -0.4 is 10.3 Å². The highest BCUT2D eigenvalue weighted by molar-refractivity contribution is 6.30. The van der Waals surface area contributed by atoms with Gasteiger partial charge in [0.2, 0.25) is 11.3 Å². The zero-order valence-electron chi connectivity index (χ0n) is 19.3. The summed E-state index contributed by atoms with van der Waals surface area (Å²) in [5.41, 5.74) is 1.37. The number of carbonyl (C=O) groups excluding carboxylic acids is 2. The maximum absolute atomic E-state index is 15.2. The number of pyridine rings is 1. The summed E-state index contributed by atoms with van der Waals surface area (Å²) in [6.07, 6.45) is 6.50. The summed E-state index contributed by atoms with van der Waals surface area (Å²) in [4.78, 5) is 41.5. The minimum Gasteiger partial charge on any atom is -0.366 e. The molecule has 0 N–H and O–H groups in total. The van der Waals surface area contributed by atoms with Gasteiger partial charge in [-0.1, -0.05) is 29.8 Å². The van der Waals surface area contributed by atoms with Gasteiger partial charge in [-0.3, -0.25) is 14.4 Å². The molecule has 35 heavy (non-hydrogen) atoms. The Hall–Kier alpha value is -3.45. The fourth-order valence-electron chi connectivity index (χ4n) is 4.53. The topological polar surface area (TPSA) is 62.6 Å². The summed E-state index contributed by atoms with van der Waals surface area (Å²) < 4.78 is 17.2. The average molecular weight is 494 g/mol. The molecule has 6 nitrogen and oxygen atoms in total. The molecule has 5 rings (SSSR count). The highest BCUT2D eigenvalue weighted by Crippen LogP contribution is 2.38. The van der Waals surface area contributed by atoms with Gasteiger partial charge in [0.05, 0.1) is 16.8 Å². The normalized spacial score (nSPS) is 16.3. The van der Waals surface area contributed by atoms with Gasteiger partial charge in [-0.25, -0.2) is 4.39 Å². The average Bonchev–Trinajstić information content (AvgIpc) is 3.69. The molecule has 0 spiro atoms. The molecule has 2 aromatic carbocycles. The van der Waals surface area contributed by atoms with Gasteiger partial charge < -0.3 is 14.4 Å². The van der Waals surface area contributed by atoms with E-state index in [4.69, 9.17) is 11.6 Å². The molecule has 0 bridgehead atoms. The molecule has 1 aromatic heterocycles. The molecule has 0 atom stereocenters. The first-order valence-electron chi connectivity index (χ1n) is 11.7. The van der Waals surface area contributed by atoms with Crippen LogP contribution in [0.1, 0.15) is 41.7 Å². The predicted octanol–water partition coefficient (Wildman–Crippen LogP) is 4.69. The molecule has 2 heterocycles. The minimum absolute atomic E-state index is 0.00788. The molecule has 8 heteroatoms. The van der Waals surface area contributed by atoms with Gasteiger partial charge in [0.25, 0.3) is 0 Å². The van der Waals surface area contributed by atoms with Crippen LogP contribution in [0, 0.1) is 5.82 Å². The fourth-order valence-corrected chi connectivity index (χ4v) is 4.66. The van der Waals surface area contributed by atoms with E-state index in [0.29, 0.717) is 42.4 Å². The largest absolute Gasteiger partial charge is 0.366 e. The van der Waals surface area contributed by atoms with E-state index in [1.165, 1.54) is 19.1 Å². The van der Waals surface area contributed by atoms with Crippen LogP contribution in [0.25, 0.3) is 17.0 Å². The van der Waals surface area contributed by atoms with E-state index in [-0.39, 0.29) is 22.9 Å².